The van der Waals surface area contributed by atoms with Crippen LogP contribution >= 0.6 is 22.7 Å². The van der Waals surface area contributed by atoms with Crippen molar-refractivity contribution in [1.82, 2.24) is 24.9 Å². The standard InChI is InChI=1S/C49H27N5OS2.C3H6/c1-3-13-28(14-4-1)42-45-43(34-18-8-10-24-40(34)57-45)51-47(50-42)30-25-26-33-38(27-30)55-37-22-12-20-35(41(33)37)48-52-46(29-15-5-2-6-16-29)53-49(54-48)36-21-11-19-32-31-17-7-9-23-39(31)56-44(32)36;1-3-2/h1-27H;3H,1H2,2H3. The van der Waals surface area contributed by atoms with Crippen molar-refractivity contribution in [3.8, 4) is 56.8 Å². The quantitative estimate of drug-likeness (QED) is 0.161. The fraction of sp³-hybridized carbons (Fsp3) is 0.0192. The van der Waals surface area contributed by atoms with E-state index in [1.54, 1.807) is 28.7 Å². The van der Waals surface area contributed by atoms with Crippen LogP contribution in [0.15, 0.2) is 181 Å². The summed E-state index contributed by atoms with van der Waals surface area (Å²) in [5.74, 6) is 2.48. The molecule has 0 unspecified atom stereocenters. The number of fused-ring (bicyclic) bond motifs is 9. The molecule has 0 spiro atoms. The molecule has 0 aliphatic rings. The van der Waals surface area contributed by atoms with Crippen LogP contribution in [0.1, 0.15) is 6.92 Å². The van der Waals surface area contributed by atoms with Gasteiger partial charge in [0.2, 0.25) is 0 Å². The van der Waals surface area contributed by atoms with Gasteiger partial charge in [-0.15, -0.1) is 29.3 Å². The summed E-state index contributed by atoms with van der Waals surface area (Å²) in [6.07, 6.45) is 1.75. The van der Waals surface area contributed by atoms with Gasteiger partial charge in [-0.25, -0.2) is 24.9 Å². The van der Waals surface area contributed by atoms with E-state index < -0.39 is 0 Å². The molecule has 7 aromatic carbocycles. The van der Waals surface area contributed by atoms with Crippen molar-refractivity contribution >= 4 is 85.1 Å². The van der Waals surface area contributed by atoms with Crippen LogP contribution in [0.25, 0.3) is 119 Å². The maximum Gasteiger partial charge on any atom is 0.165 e. The van der Waals surface area contributed by atoms with E-state index >= 15 is 0 Å². The lowest BCUT2D eigenvalue weighted by molar-refractivity contribution is 0.669. The van der Waals surface area contributed by atoms with Crippen molar-refractivity contribution in [2.45, 2.75) is 6.92 Å². The van der Waals surface area contributed by atoms with Crippen molar-refractivity contribution in [3.05, 3.63) is 176 Å². The van der Waals surface area contributed by atoms with Crippen molar-refractivity contribution in [2.24, 2.45) is 0 Å². The van der Waals surface area contributed by atoms with Crippen LogP contribution in [0.5, 0.6) is 0 Å². The monoisotopic (exact) mass is 807 g/mol. The third-order valence-electron chi connectivity index (χ3n) is 10.6. The smallest absolute Gasteiger partial charge is 0.165 e. The van der Waals surface area contributed by atoms with Crippen LogP contribution in [0.3, 0.4) is 0 Å². The fourth-order valence-corrected chi connectivity index (χ4v) is 10.3. The maximum absolute atomic E-state index is 6.63. The zero-order valence-corrected chi connectivity index (χ0v) is 34.0. The van der Waals surface area contributed by atoms with Gasteiger partial charge in [0.1, 0.15) is 11.2 Å². The molecule has 0 atom stereocenters. The van der Waals surface area contributed by atoms with Crippen LogP contribution in [0, 0.1) is 0 Å². The number of nitrogens with zero attached hydrogens (tertiary/aromatic N) is 5. The highest BCUT2D eigenvalue weighted by molar-refractivity contribution is 7.26. The molecule has 8 heteroatoms. The summed E-state index contributed by atoms with van der Waals surface area (Å²) in [6.45, 7) is 5.25. The molecule has 0 amide bonds. The van der Waals surface area contributed by atoms with Gasteiger partial charge in [-0.05, 0) is 43.3 Å². The normalized spacial score (nSPS) is 11.5. The Balaban J connectivity index is 0.00000132. The Morgan fingerprint density at radius 2 is 1.03 bits per heavy atom. The van der Waals surface area contributed by atoms with E-state index in [0.29, 0.717) is 23.3 Å². The molecule has 5 heterocycles. The molecule has 0 radical (unpaired) electrons. The largest absolute Gasteiger partial charge is 0.456 e. The highest BCUT2D eigenvalue weighted by Crippen LogP contribution is 2.43. The van der Waals surface area contributed by atoms with E-state index in [1.807, 2.05) is 55.5 Å². The van der Waals surface area contributed by atoms with E-state index in [-0.39, 0.29) is 0 Å². The van der Waals surface area contributed by atoms with Crippen molar-refractivity contribution in [3.63, 3.8) is 0 Å². The Kier molecular flexibility index (Phi) is 8.80. The summed E-state index contributed by atoms with van der Waals surface area (Å²) in [5.41, 5.74) is 8.08. The SMILES string of the molecule is C=CC.c1ccc(-c2nc(-c3cccc4c3sc3ccccc34)nc(-c3cccc4oc5cc(-c6nc(-c7ccccc7)c7sc8ccccc8c7n6)ccc5c34)n2)cc1. The van der Waals surface area contributed by atoms with Gasteiger partial charge in [0.25, 0.3) is 0 Å². The average molecular weight is 808 g/mol. The maximum atomic E-state index is 6.63. The molecule has 5 aromatic heterocycles. The van der Waals surface area contributed by atoms with E-state index in [9.17, 15) is 0 Å². The number of benzene rings is 7. The number of hydrogen-bond acceptors (Lipinski definition) is 8. The summed E-state index contributed by atoms with van der Waals surface area (Å²) >= 11 is 3.50. The minimum Gasteiger partial charge on any atom is -0.456 e. The number of furan rings is 1. The lowest BCUT2D eigenvalue weighted by Gasteiger charge is -2.10. The molecule has 0 aliphatic heterocycles. The van der Waals surface area contributed by atoms with E-state index in [2.05, 4.69) is 122 Å². The fourth-order valence-electron chi connectivity index (χ4n) is 7.92. The Morgan fingerprint density at radius 1 is 0.450 bits per heavy atom. The van der Waals surface area contributed by atoms with Gasteiger partial charge in [0.15, 0.2) is 23.3 Å². The number of aromatic nitrogens is 5. The third-order valence-corrected chi connectivity index (χ3v) is 13.0. The summed E-state index contributed by atoms with van der Waals surface area (Å²) in [6, 6.07) is 56.2. The van der Waals surface area contributed by atoms with Gasteiger partial charge in [0.05, 0.1) is 15.9 Å². The second kappa shape index (κ2) is 14.8. The molecule has 60 heavy (non-hydrogen) atoms. The van der Waals surface area contributed by atoms with E-state index in [0.717, 1.165) is 75.8 Å². The van der Waals surface area contributed by atoms with Gasteiger partial charge in [-0.3, -0.25) is 0 Å². The van der Waals surface area contributed by atoms with Gasteiger partial charge in [0, 0.05) is 68.8 Å². The predicted octanol–water partition coefficient (Wildman–Crippen LogP) is 14.8. The molecule has 0 saturated carbocycles. The van der Waals surface area contributed by atoms with E-state index in [1.165, 1.54) is 20.2 Å². The zero-order valence-electron chi connectivity index (χ0n) is 32.3. The second-order valence-corrected chi connectivity index (χ2v) is 16.5. The first-order valence-electron chi connectivity index (χ1n) is 19.6. The molecule has 284 valence electrons. The molecular formula is C52H33N5OS2. The van der Waals surface area contributed by atoms with E-state index in [4.69, 9.17) is 29.3 Å². The summed E-state index contributed by atoms with van der Waals surface area (Å²) in [4.78, 5) is 25.9. The van der Waals surface area contributed by atoms with Gasteiger partial charge < -0.3 is 4.42 Å². The van der Waals surface area contributed by atoms with Gasteiger partial charge in [-0.1, -0.05) is 133 Å². The predicted molar refractivity (Wildman–Crippen MR) is 252 cm³/mol. The first-order chi connectivity index (χ1) is 29.6. The van der Waals surface area contributed by atoms with Gasteiger partial charge >= 0.3 is 0 Å². The lowest BCUT2D eigenvalue weighted by atomic mass is 10.0. The summed E-state index contributed by atoms with van der Waals surface area (Å²) in [5, 5.41) is 5.46. The molecular weight excluding hydrogens is 775 g/mol. The van der Waals surface area contributed by atoms with Crippen LogP contribution in [0.2, 0.25) is 0 Å². The van der Waals surface area contributed by atoms with Gasteiger partial charge in [-0.2, -0.15) is 0 Å². The topological polar surface area (TPSA) is 77.6 Å². The summed E-state index contributed by atoms with van der Waals surface area (Å²) < 4.78 is 11.3. The minimum absolute atomic E-state index is 0.583. The Bertz CT molecular complexity index is 3590. The first kappa shape index (κ1) is 35.7. The molecule has 0 aliphatic carbocycles. The number of thiophene rings is 2. The van der Waals surface area contributed by atoms with Crippen LogP contribution in [-0.4, -0.2) is 24.9 Å². The van der Waals surface area contributed by atoms with Crippen molar-refractivity contribution in [1.29, 1.82) is 0 Å². The molecule has 12 aromatic rings. The molecule has 0 saturated heterocycles. The second-order valence-electron chi connectivity index (χ2n) is 14.4. The Hall–Kier alpha value is -7.39. The number of allylic oxidation sites excluding steroid dienone is 1. The molecule has 6 nitrogen and oxygen atoms in total. The third kappa shape index (κ3) is 6.04. The zero-order chi connectivity index (χ0) is 40.2. The molecule has 0 fully saturated rings. The average Bonchev–Trinajstić information content (AvgIpc) is 4.00. The van der Waals surface area contributed by atoms with Crippen LogP contribution in [0.4, 0.5) is 0 Å². The molecule has 0 N–H and O–H groups in total. The van der Waals surface area contributed by atoms with Crippen LogP contribution in [-0.2, 0) is 0 Å². The van der Waals surface area contributed by atoms with Crippen molar-refractivity contribution in [2.75, 3.05) is 0 Å². The highest BCUT2D eigenvalue weighted by Gasteiger charge is 2.21. The first-order valence-corrected chi connectivity index (χ1v) is 21.3. The Labute approximate surface area is 352 Å². The summed E-state index contributed by atoms with van der Waals surface area (Å²) in [7, 11) is 0. The molecule has 12 rings (SSSR count). The van der Waals surface area contributed by atoms with Crippen LogP contribution < -0.4 is 0 Å². The Morgan fingerprint density at radius 3 is 1.82 bits per heavy atom. The number of rotatable bonds is 5. The highest BCUT2D eigenvalue weighted by atomic mass is 32.1. The lowest BCUT2D eigenvalue weighted by Crippen LogP contribution is -2.00. The van der Waals surface area contributed by atoms with Crippen molar-refractivity contribution < 1.29 is 4.42 Å². The minimum atomic E-state index is 0.583. The number of hydrogen-bond donors (Lipinski definition) is 0. The molecule has 0 bridgehead atoms.